The molecule has 1 heterocycles. The molecule has 2 amide bonds. The second-order valence-electron chi connectivity index (χ2n) is 11.9. The molecule has 10 nitrogen and oxygen atoms in total. The zero-order chi connectivity index (χ0) is 27.9. The number of aromatic nitrogens is 1. The van der Waals surface area contributed by atoms with Crippen LogP contribution >= 0.6 is 11.3 Å². The third-order valence-corrected chi connectivity index (χ3v) is 17.8. The van der Waals surface area contributed by atoms with Gasteiger partial charge in [-0.05, 0) is 78.3 Å². The van der Waals surface area contributed by atoms with E-state index in [1.807, 2.05) is 0 Å². The average molecular weight is 576 g/mol. The van der Waals surface area contributed by atoms with Gasteiger partial charge in [-0.3, -0.25) is 0 Å². The van der Waals surface area contributed by atoms with Gasteiger partial charge in [0.15, 0.2) is 9.92 Å². The predicted molar refractivity (Wildman–Crippen MR) is 154 cm³/mol. The molecule has 0 fully saturated rings. The lowest BCUT2D eigenvalue weighted by atomic mass is 9.99. The summed E-state index contributed by atoms with van der Waals surface area (Å²) >= 11 is 1.00. The second kappa shape index (κ2) is 10.4. The number of rotatable bonds is 7. The fourth-order valence-corrected chi connectivity index (χ4v) is 11.7. The molecule has 2 aliphatic carbocycles. The van der Waals surface area contributed by atoms with E-state index in [0.717, 1.165) is 55.5 Å². The van der Waals surface area contributed by atoms with Crippen molar-refractivity contribution in [3.63, 3.8) is 0 Å². The van der Waals surface area contributed by atoms with Gasteiger partial charge in [0.1, 0.15) is 23.1 Å². The van der Waals surface area contributed by atoms with Crippen LogP contribution in [0.15, 0.2) is 25.9 Å². The van der Waals surface area contributed by atoms with Crippen molar-refractivity contribution in [2.24, 2.45) is 9.48 Å². The van der Waals surface area contributed by atoms with Gasteiger partial charge in [-0.1, -0.05) is 45.0 Å². The zero-order valence-electron chi connectivity index (χ0n) is 22.9. The third-order valence-electron chi connectivity index (χ3n) is 7.84. The summed E-state index contributed by atoms with van der Waals surface area (Å²) in [6.07, 6.45) is 7.34. The molecule has 2 aliphatic rings. The summed E-state index contributed by atoms with van der Waals surface area (Å²) in [5.74, 6) is 0. The Hall–Kier alpha value is -2.28. The summed E-state index contributed by atoms with van der Waals surface area (Å²) in [7, 11) is -5.87. The lowest BCUT2D eigenvalue weighted by molar-refractivity contribution is 0.0666. The first-order valence-corrected chi connectivity index (χ1v) is 18.2. The van der Waals surface area contributed by atoms with E-state index >= 15 is 0 Å². The lowest BCUT2D eigenvalue weighted by Gasteiger charge is -2.37. The molecular weight excluding hydrogens is 539 g/mol. The molecule has 0 radical (unpaired) electrons. The first kappa shape index (κ1) is 28.7. The minimum absolute atomic E-state index is 0.191. The van der Waals surface area contributed by atoms with E-state index in [1.54, 1.807) is 0 Å². The molecule has 3 N–H and O–H groups in total. The van der Waals surface area contributed by atoms with Crippen molar-refractivity contribution in [3.05, 3.63) is 50.0 Å². The highest BCUT2D eigenvalue weighted by molar-refractivity contribution is 7.95. The average Bonchev–Trinajstić information content (AvgIpc) is 3.56. The van der Waals surface area contributed by atoms with Crippen molar-refractivity contribution in [2.75, 3.05) is 11.9 Å². The number of azide groups is 1. The van der Waals surface area contributed by atoms with Crippen LogP contribution in [0.1, 0.15) is 67.8 Å². The highest BCUT2D eigenvalue weighted by atomic mass is 32.2. The van der Waals surface area contributed by atoms with Crippen LogP contribution in [0.2, 0.25) is 18.1 Å². The molecule has 2 aromatic rings. The molecule has 0 bridgehead atoms. The largest absolute Gasteiger partial charge is 0.383 e. The maximum atomic E-state index is 14.6. The number of carbonyl (C=O) groups is 1. The van der Waals surface area contributed by atoms with Gasteiger partial charge in [-0.2, -0.15) is 0 Å². The van der Waals surface area contributed by atoms with E-state index in [1.165, 1.54) is 35.4 Å². The number of aliphatic hydroxyl groups is 1. The first-order valence-electron chi connectivity index (χ1n) is 12.9. The highest BCUT2D eigenvalue weighted by Gasteiger charge is 2.40. The zero-order valence-corrected chi connectivity index (χ0v) is 25.6. The summed E-state index contributed by atoms with van der Waals surface area (Å²) in [5, 5.41) is 17.3. The Balaban J connectivity index is 1.76. The number of thiazole rings is 1. The molecule has 2 atom stereocenters. The van der Waals surface area contributed by atoms with Crippen molar-refractivity contribution in [2.45, 2.75) is 94.2 Å². The summed E-state index contributed by atoms with van der Waals surface area (Å²) in [6.45, 7) is 11.6. The number of carbonyl (C=O) groups excluding carboxylic acids is 1. The molecule has 206 valence electrons. The van der Waals surface area contributed by atoms with Crippen LogP contribution in [0.5, 0.6) is 0 Å². The summed E-state index contributed by atoms with van der Waals surface area (Å²) in [4.78, 5) is 20.5. The van der Waals surface area contributed by atoms with Crippen LogP contribution in [0.25, 0.3) is 10.4 Å². The monoisotopic (exact) mass is 575 g/mol. The van der Waals surface area contributed by atoms with Gasteiger partial charge < -0.3 is 10.4 Å². The number of fused-ring (bicyclic) bond motifs is 2. The standard InChI is InChI=1S/C25H37N7O3S2Si/c1-24(2,3)38(5,6)32-37(35,20-14-27-22(36-20)25(4,34)15-28-31-26)30-23(33)29-21-18-11-7-9-16(18)13-17-10-8-12-19(17)21/h13-14,34H,7-12,15H2,1-6H3,(H2,29,30,32,33,35)/t25-,37?/m1/s1. The normalized spacial score (nSPS) is 18.1. The Morgan fingerprint density at radius 1 is 1.18 bits per heavy atom. The van der Waals surface area contributed by atoms with Crippen LogP contribution in [0.4, 0.5) is 10.5 Å². The predicted octanol–water partition coefficient (Wildman–Crippen LogP) is 6.21. The van der Waals surface area contributed by atoms with Crippen molar-refractivity contribution in [1.29, 1.82) is 0 Å². The summed E-state index contributed by atoms with van der Waals surface area (Å²) in [6, 6.07) is 1.63. The third kappa shape index (κ3) is 5.68. The summed E-state index contributed by atoms with van der Waals surface area (Å²) < 4.78 is 22.4. The smallest absolute Gasteiger partial charge is 0.354 e. The molecule has 4 rings (SSSR count). The molecule has 0 saturated heterocycles. The Kier molecular flexibility index (Phi) is 7.83. The number of anilines is 1. The van der Waals surface area contributed by atoms with Crippen LogP contribution in [-0.2, 0) is 41.2 Å². The molecule has 1 unspecified atom stereocenters. The van der Waals surface area contributed by atoms with Crippen LogP contribution in [0.3, 0.4) is 0 Å². The van der Waals surface area contributed by atoms with Crippen LogP contribution in [-0.4, -0.2) is 35.1 Å². The van der Waals surface area contributed by atoms with E-state index in [4.69, 9.17) is 5.53 Å². The lowest BCUT2D eigenvalue weighted by Crippen LogP contribution is -2.54. The highest BCUT2D eigenvalue weighted by Crippen LogP contribution is 2.40. The van der Waals surface area contributed by atoms with E-state index < -0.39 is 29.8 Å². The molecule has 13 heteroatoms. The maximum absolute atomic E-state index is 14.6. The van der Waals surface area contributed by atoms with Gasteiger partial charge in [0.25, 0.3) is 0 Å². The molecule has 1 aromatic carbocycles. The molecule has 0 saturated carbocycles. The van der Waals surface area contributed by atoms with E-state index in [2.05, 4.69) is 69.0 Å². The number of amides is 2. The number of hydrogen-bond acceptors (Lipinski definition) is 6. The van der Waals surface area contributed by atoms with Gasteiger partial charge in [0.05, 0.1) is 12.7 Å². The van der Waals surface area contributed by atoms with Gasteiger partial charge in [-0.25, -0.2) is 18.4 Å². The van der Waals surface area contributed by atoms with Gasteiger partial charge in [-0.15, -0.1) is 15.7 Å². The number of nitrogens with one attached hydrogen (secondary N) is 2. The van der Waals surface area contributed by atoms with Crippen molar-refractivity contribution in [1.82, 2.24) is 9.37 Å². The number of urea groups is 1. The Morgan fingerprint density at radius 3 is 2.34 bits per heavy atom. The van der Waals surface area contributed by atoms with Crippen molar-refractivity contribution >= 4 is 41.2 Å². The van der Waals surface area contributed by atoms with E-state index in [-0.39, 0.29) is 20.8 Å². The topological polar surface area (TPSA) is 152 Å². The molecule has 1 aromatic heterocycles. The number of aryl methyl sites for hydroxylation is 2. The molecule has 0 spiro atoms. The molecule has 38 heavy (non-hydrogen) atoms. The van der Waals surface area contributed by atoms with Crippen molar-refractivity contribution < 1.29 is 14.1 Å². The minimum atomic E-state index is -3.45. The molecule has 0 aliphatic heterocycles. The Morgan fingerprint density at radius 2 is 1.79 bits per heavy atom. The Bertz CT molecular complexity index is 1400. The number of benzene rings is 1. The second-order valence-corrected chi connectivity index (χ2v) is 20.4. The number of hydrogen-bond donors (Lipinski definition) is 3. The quantitative estimate of drug-likeness (QED) is 0.155. The van der Waals surface area contributed by atoms with Gasteiger partial charge in [0, 0.05) is 10.6 Å². The number of nitrogens with zero attached hydrogens (tertiary/aromatic N) is 5. The van der Waals surface area contributed by atoms with Gasteiger partial charge >= 0.3 is 6.03 Å². The maximum Gasteiger partial charge on any atom is 0.354 e. The molecular formula is C25H37N7O3S2Si. The Labute approximate surface area is 229 Å². The first-order chi connectivity index (χ1) is 17.7. The van der Waals surface area contributed by atoms with E-state index in [0.29, 0.717) is 0 Å². The fourth-order valence-electron chi connectivity index (χ4n) is 4.70. The van der Waals surface area contributed by atoms with Crippen LogP contribution < -0.4 is 9.70 Å². The SMILES string of the molecule is CC(C)(C)[Si](C)(C)NS(=O)(=NC(=O)Nc1c2c(cc3c1CCC3)CCC2)c1cnc([C@](C)(O)CN=[N+]=[N-])s1. The van der Waals surface area contributed by atoms with Gasteiger partial charge in [0.2, 0.25) is 0 Å². The minimum Gasteiger partial charge on any atom is -0.383 e. The fraction of sp³-hybridized carbons (Fsp3) is 0.600. The van der Waals surface area contributed by atoms with E-state index in [9.17, 15) is 14.1 Å². The summed E-state index contributed by atoms with van der Waals surface area (Å²) in [5.41, 5.74) is 12.9. The van der Waals surface area contributed by atoms with Crippen molar-refractivity contribution in [3.8, 4) is 0 Å². The van der Waals surface area contributed by atoms with Crippen LogP contribution in [0, 0.1) is 0 Å².